The van der Waals surface area contributed by atoms with Gasteiger partial charge < -0.3 is 10.5 Å². The van der Waals surface area contributed by atoms with Crippen molar-refractivity contribution < 1.29 is 17.9 Å². The average molecular weight is 309 g/mol. The Morgan fingerprint density at radius 2 is 1.59 bits per heavy atom. The van der Waals surface area contributed by atoms with Crippen LogP contribution in [0.15, 0.2) is 54.6 Å². The molecule has 118 valence electrons. The third kappa shape index (κ3) is 5.41. The van der Waals surface area contributed by atoms with Crippen LogP contribution < -0.4 is 10.5 Å². The lowest BCUT2D eigenvalue weighted by Gasteiger charge is -2.14. The molecule has 2 rings (SSSR count). The molecule has 1 atom stereocenters. The molecule has 0 fully saturated rings. The molecule has 2 aromatic rings. The van der Waals surface area contributed by atoms with Gasteiger partial charge in [0.25, 0.3) is 0 Å². The summed E-state index contributed by atoms with van der Waals surface area (Å²) in [5.74, 6) is 0.663. The maximum absolute atomic E-state index is 12.2. The van der Waals surface area contributed by atoms with Crippen molar-refractivity contribution in [2.45, 2.75) is 31.7 Å². The highest BCUT2D eigenvalue weighted by molar-refractivity contribution is 5.29. The first kappa shape index (κ1) is 16.4. The molecule has 0 unspecified atom stereocenters. The molecule has 2 aromatic carbocycles. The topological polar surface area (TPSA) is 35.2 Å². The van der Waals surface area contributed by atoms with Gasteiger partial charge in [0, 0.05) is 12.5 Å². The summed E-state index contributed by atoms with van der Waals surface area (Å²) in [6.45, 7) is 0.445. The second kappa shape index (κ2) is 7.31. The van der Waals surface area contributed by atoms with Crippen LogP contribution in [0.1, 0.15) is 30.0 Å². The van der Waals surface area contributed by atoms with Gasteiger partial charge in [0.2, 0.25) is 0 Å². The maximum Gasteiger partial charge on any atom is 0.389 e. The number of ether oxygens (including phenoxy) is 1. The minimum Gasteiger partial charge on any atom is -0.489 e. The van der Waals surface area contributed by atoms with Crippen LogP contribution in [-0.2, 0) is 6.61 Å². The molecule has 0 aliphatic carbocycles. The molecule has 2 N–H and O–H groups in total. The molecular formula is C17H18F3NO. The van der Waals surface area contributed by atoms with E-state index in [1.165, 1.54) is 0 Å². The van der Waals surface area contributed by atoms with E-state index in [0.29, 0.717) is 17.9 Å². The maximum atomic E-state index is 12.2. The number of nitrogens with two attached hydrogens (primary N) is 1. The predicted octanol–water partition coefficient (Wildman–Crippen LogP) is 4.61. The third-order valence-electron chi connectivity index (χ3n) is 3.30. The Bertz CT molecular complexity index is 567. The van der Waals surface area contributed by atoms with Gasteiger partial charge in [0.05, 0.1) is 0 Å². The summed E-state index contributed by atoms with van der Waals surface area (Å²) in [5, 5.41) is 0. The molecule has 0 aliphatic rings. The van der Waals surface area contributed by atoms with Crippen molar-refractivity contribution in [3.8, 4) is 5.75 Å². The zero-order valence-corrected chi connectivity index (χ0v) is 12.0. The van der Waals surface area contributed by atoms with Crippen molar-refractivity contribution in [1.29, 1.82) is 0 Å². The van der Waals surface area contributed by atoms with Gasteiger partial charge in [0.15, 0.2) is 0 Å². The van der Waals surface area contributed by atoms with Gasteiger partial charge in [0.1, 0.15) is 12.4 Å². The highest BCUT2D eigenvalue weighted by atomic mass is 19.4. The Labute approximate surface area is 127 Å². The lowest BCUT2D eigenvalue weighted by atomic mass is 10.0. The zero-order chi connectivity index (χ0) is 16.0. The number of hydrogen-bond acceptors (Lipinski definition) is 2. The number of benzene rings is 2. The first-order valence-electron chi connectivity index (χ1n) is 7.03. The largest absolute Gasteiger partial charge is 0.489 e. The SMILES string of the molecule is N[C@H](CCC(F)(F)F)c1ccc(OCc2ccccc2)cc1. The van der Waals surface area contributed by atoms with Crippen molar-refractivity contribution in [3.05, 3.63) is 65.7 Å². The molecular weight excluding hydrogens is 291 g/mol. The van der Waals surface area contributed by atoms with Gasteiger partial charge in [-0.05, 0) is 29.7 Å². The number of rotatable bonds is 6. The molecule has 0 heterocycles. The lowest BCUT2D eigenvalue weighted by Crippen LogP contribution is -2.15. The van der Waals surface area contributed by atoms with Crippen molar-refractivity contribution in [2.75, 3.05) is 0 Å². The van der Waals surface area contributed by atoms with E-state index in [9.17, 15) is 13.2 Å². The lowest BCUT2D eigenvalue weighted by molar-refractivity contribution is -0.136. The molecule has 5 heteroatoms. The van der Waals surface area contributed by atoms with Crippen LogP contribution in [0.3, 0.4) is 0 Å². The summed E-state index contributed by atoms with van der Waals surface area (Å²) in [5.41, 5.74) is 7.50. The van der Waals surface area contributed by atoms with Crippen LogP contribution >= 0.6 is 0 Å². The van der Waals surface area contributed by atoms with Gasteiger partial charge in [-0.25, -0.2) is 0 Å². The average Bonchev–Trinajstić information content (AvgIpc) is 2.51. The number of hydrogen-bond donors (Lipinski definition) is 1. The summed E-state index contributed by atoms with van der Waals surface area (Å²) in [4.78, 5) is 0. The van der Waals surface area contributed by atoms with Gasteiger partial charge in [-0.2, -0.15) is 13.2 Å². The van der Waals surface area contributed by atoms with E-state index >= 15 is 0 Å². The monoisotopic (exact) mass is 309 g/mol. The Kier molecular flexibility index (Phi) is 5.44. The number of halogens is 3. The Morgan fingerprint density at radius 1 is 0.955 bits per heavy atom. The fourth-order valence-corrected chi connectivity index (χ4v) is 2.04. The highest BCUT2D eigenvalue weighted by Gasteiger charge is 2.27. The van der Waals surface area contributed by atoms with Gasteiger partial charge in [-0.3, -0.25) is 0 Å². The molecule has 0 saturated carbocycles. The summed E-state index contributed by atoms with van der Waals surface area (Å²) >= 11 is 0. The van der Waals surface area contributed by atoms with Crippen LogP contribution in [0, 0.1) is 0 Å². The van der Waals surface area contributed by atoms with Crippen LogP contribution in [0.25, 0.3) is 0 Å². The van der Waals surface area contributed by atoms with E-state index in [4.69, 9.17) is 10.5 Å². The quantitative estimate of drug-likeness (QED) is 0.846. The van der Waals surface area contributed by atoms with Gasteiger partial charge >= 0.3 is 6.18 Å². The second-order valence-electron chi connectivity index (χ2n) is 5.10. The van der Waals surface area contributed by atoms with Crippen molar-refractivity contribution >= 4 is 0 Å². The first-order valence-corrected chi connectivity index (χ1v) is 7.03. The van der Waals surface area contributed by atoms with Crippen molar-refractivity contribution in [3.63, 3.8) is 0 Å². The minimum absolute atomic E-state index is 0.117. The molecule has 0 spiro atoms. The van der Waals surface area contributed by atoms with Gasteiger partial charge in [-0.15, -0.1) is 0 Å². The van der Waals surface area contributed by atoms with Crippen LogP contribution in [0.5, 0.6) is 5.75 Å². The molecule has 22 heavy (non-hydrogen) atoms. The molecule has 0 amide bonds. The van der Waals surface area contributed by atoms with Gasteiger partial charge in [-0.1, -0.05) is 42.5 Å². The van der Waals surface area contributed by atoms with E-state index in [1.54, 1.807) is 24.3 Å². The van der Waals surface area contributed by atoms with E-state index in [-0.39, 0.29) is 6.42 Å². The summed E-state index contributed by atoms with van der Waals surface area (Å²) in [7, 11) is 0. The standard InChI is InChI=1S/C17H18F3NO/c18-17(19,20)11-10-16(21)14-6-8-15(9-7-14)22-12-13-4-2-1-3-5-13/h1-9,16H,10-12,21H2/t16-/m1/s1. The molecule has 2 nitrogen and oxygen atoms in total. The highest BCUT2D eigenvalue weighted by Crippen LogP contribution is 2.27. The summed E-state index contributed by atoms with van der Waals surface area (Å²) in [6.07, 6.45) is -5.16. The second-order valence-corrected chi connectivity index (χ2v) is 5.10. The first-order chi connectivity index (χ1) is 10.4. The van der Waals surface area contributed by atoms with Crippen LogP contribution in [0.2, 0.25) is 0 Å². The molecule has 0 aliphatic heterocycles. The zero-order valence-electron chi connectivity index (χ0n) is 12.0. The van der Waals surface area contributed by atoms with E-state index in [2.05, 4.69) is 0 Å². The van der Waals surface area contributed by atoms with Crippen LogP contribution in [-0.4, -0.2) is 6.18 Å². The smallest absolute Gasteiger partial charge is 0.389 e. The van der Waals surface area contributed by atoms with Crippen molar-refractivity contribution in [2.24, 2.45) is 5.73 Å². The van der Waals surface area contributed by atoms with E-state index < -0.39 is 18.6 Å². The van der Waals surface area contributed by atoms with E-state index in [0.717, 1.165) is 5.56 Å². The van der Waals surface area contributed by atoms with Crippen molar-refractivity contribution in [1.82, 2.24) is 0 Å². The Morgan fingerprint density at radius 3 is 2.18 bits per heavy atom. The molecule has 0 aromatic heterocycles. The fourth-order valence-electron chi connectivity index (χ4n) is 2.04. The third-order valence-corrected chi connectivity index (χ3v) is 3.30. The Hall–Kier alpha value is -2.01. The fraction of sp³-hybridized carbons (Fsp3) is 0.294. The normalized spacial score (nSPS) is 12.9. The summed E-state index contributed by atoms with van der Waals surface area (Å²) in [6, 6.07) is 16.0. The molecule has 0 radical (unpaired) electrons. The molecule has 0 saturated heterocycles. The number of alkyl halides is 3. The minimum atomic E-state index is -4.17. The van der Waals surface area contributed by atoms with E-state index in [1.807, 2.05) is 30.3 Å². The summed E-state index contributed by atoms with van der Waals surface area (Å²) < 4.78 is 42.2. The molecule has 0 bridgehead atoms. The Balaban J connectivity index is 1.87. The van der Waals surface area contributed by atoms with Crippen LogP contribution in [0.4, 0.5) is 13.2 Å². The predicted molar refractivity (Wildman–Crippen MR) is 79.4 cm³/mol.